The smallest absolute Gasteiger partial charge is 0.415 e. The van der Waals surface area contributed by atoms with Gasteiger partial charge < -0.3 is 4.84 Å². The Hall–Kier alpha value is -2.71. The molecule has 3 rings (SSSR count). The number of nitrogens with zero attached hydrogens (tertiary/aromatic N) is 3. The van der Waals surface area contributed by atoms with E-state index in [0.717, 1.165) is 35.3 Å². The van der Waals surface area contributed by atoms with Gasteiger partial charge in [0.15, 0.2) is 17.5 Å². The number of hydrogen-bond acceptors (Lipinski definition) is 3. The van der Waals surface area contributed by atoms with E-state index < -0.39 is 23.4 Å². The van der Waals surface area contributed by atoms with E-state index in [0.29, 0.717) is 0 Å². The van der Waals surface area contributed by atoms with Gasteiger partial charge >= 0.3 is 6.18 Å². The highest BCUT2D eigenvalue weighted by Crippen LogP contribution is 2.37. The summed E-state index contributed by atoms with van der Waals surface area (Å²) in [6.45, 7) is 0. The first kappa shape index (κ1) is 15.2. The maximum atomic E-state index is 13.4. The fourth-order valence-electron chi connectivity index (χ4n) is 2.23. The first-order chi connectivity index (χ1) is 10.8. The number of benzene rings is 1. The number of alkyl halides is 3. The summed E-state index contributed by atoms with van der Waals surface area (Å²) in [5.74, 6) is -2.58. The van der Waals surface area contributed by atoms with Crippen LogP contribution in [0.4, 0.5) is 22.0 Å². The van der Waals surface area contributed by atoms with Crippen LogP contribution in [0.3, 0.4) is 0 Å². The molecule has 0 saturated carbocycles. The zero-order valence-corrected chi connectivity index (χ0v) is 11.5. The standard InChI is InChI=1S/C14H8F5N3O/c1-23-22-12-5-10(16)9(15)4-11(12)21-13(22)7-6-20-3-2-8(7)14(17,18)19/h2-6H,1H3. The molecule has 3 aromatic rings. The van der Waals surface area contributed by atoms with Crippen molar-refractivity contribution >= 4 is 11.0 Å². The topological polar surface area (TPSA) is 39.9 Å². The third-order valence-corrected chi connectivity index (χ3v) is 3.20. The summed E-state index contributed by atoms with van der Waals surface area (Å²) < 4.78 is 67.0. The molecule has 120 valence electrons. The molecule has 23 heavy (non-hydrogen) atoms. The summed E-state index contributed by atoms with van der Waals surface area (Å²) in [4.78, 5) is 12.6. The predicted molar refractivity (Wildman–Crippen MR) is 70.4 cm³/mol. The van der Waals surface area contributed by atoms with Crippen molar-refractivity contribution in [1.29, 1.82) is 0 Å². The van der Waals surface area contributed by atoms with Gasteiger partial charge in [0, 0.05) is 24.5 Å². The molecule has 0 bridgehead atoms. The zero-order valence-electron chi connectivity index (χ0n) is 11.5. The molecule has 0 fully saturated rings. The van der Waals surface area contributed by atoms with E-state index in [9.17, 15) is 22.0 Å². The van der Waals surface area contributed by atoms with E-state index in [1.165, 1.54) is 7.11 Å². The van der Waals surface area contributed by atoms with Gasteiger partial charge in [0.2, 0.25) is 0 Å². The summed E-state index contributed by atoms with van der Waals surface area (Å²) in [6, 6.07) is 2.37. The van der Waals surface area contributed by atoms with Gasteiger partial charge in [0.1, 0.15) is 12.6 Å². The first-order valence-electron chi connectivity index (χ1n) is 6.26. The number of halogens is 5. The molecule has 0 unspecified atom stereocenters. The Morgan fingerprint density at radius 2 is 1.83 bits per heavy atom. The minimum absolute atomic E-state index is 0.00150. The molecular formula is C14H8F5N3O. The molecule has 9 heteroatoms. The molecule has 4 nitrogen and oxygen atoms in total. The molecule has 0 aliphatic carbocycles. The summed E-state index contributed by atoms with van der Waals surface area (Å²) in [6.07, 6.45) is -2.69. The number of pyridine rings is 1. The van der Waals surface area contributed by atoms with E-state index >= 15 is 0 Å². The van der Waals surface area contributed by atoms with Crippen LogP contribution in [-0.2, 0) is 6.18 Å². The van der Waals surface area contributed by atoms with Crippen LogP contribution >= 0.6 is 0 Å². The monoisotopic (exact) mass is 329 g/mol. The second-order valence-corrected chi connectivity index (χ2v) is 4.59. The van der Waals surface area contributed by atoms with Crippen molar-refractivity contribution in [3.05, 3.63) is 47.8 Å². The van der Waals surface area contributed by atoms with Crippen LogP contribution in [0.5, 0.6) is 0 Å². The highest BCUT2D eigenvalue weighted by Gasteiger charge is 2.35. The zero-order chi connectivity index (χ0) is 16.8. The van der Waals surface area contributed by atoms with Gasteiger partial charge in [-0.05, 0) is 6.07 Å². The Balaban J connectivity index is 2.34. The second-order valence-electron chi connectivity index (χ2n) is 4.59. The van der Waals surface area contributed by atoms with Crippen LogP contribution < -0.4 is 4.84 Å². The Morgan fingerprint density at radius 3 is 2.48 bits per heavy atom. The van der Waals surface area contributed by atoms with Crippen molar-refractivity contribution in [2.45, 2.75) is 6.18 Å². The minimum atomic E-state index is -4.65. The van der Waals surface area contributed by atoms with Crippen molar-refractivity contribution in [3.63, 3.8) is 0 Å². The lowest BCUT2D eigenvalue weighted by Crippen LogP contribution is -2.12. The van der Waals surface area contributed by atoms with Crippen molar-refractivity contribution < 1.29 is 26.8 Å². The molecule has 0 atom stereocenters. The molecule has 0 spiro atoms. The molecule has 0 N–H and O–H groups in total. The SMILES string of the molecule is COn1c(-c2cnccc2C(F)(F)F)nc2cc(F)c(F)cc21. The third-order valence-electron chi connectivity index (χ3n) is 3.20. The van der Waals surface area contributed by atoms with Crippen molar-refractivity contribution in [1.82, 2.24) is 14.7 Å². The average molecular weight is 329 g/mol. The fourth-order valence-corrected chi connectivity index (χ4v) is 2.23. The maximum Gasteiger partial charge on any atom is 0.417 e. The Morgan fingerprint density at radius 1 is 1.13 bits per heavy atom. The molecular weight excluding hydrogens is 321 g/mol. The Bertz CT molecular complexity index is 888. The Labute approximate surface area is 126 Å². The fraction of sp³-hybridized carbons (Fsp3) is 0.143. The van der Waals surface area contributed by atoms with Gasteiger partial charge in [-0.25, -0.2) is 13.8 Å². The Kier molecular flexibility index (Phi) is 3.42. The lowest BCUT2D eigenvalue weighted by Gasteiger charge is -2.12. The van der Waals surface area contributed by atoms with Gasteiger partial charge in [-0.2, -0.15) is 17.9 Å². The molecule has 0 aliphatic rings. The van der Waals surface area contributed by atoms with Gasteiger partial charge in [-0.15, -0.1) is 0 Å². The van der Waals surface area contributed by atoms with Crippen molar-refractivity contribution in [2.75, 3.05) is 7.11 Å². The largest absolute Gasteiger partial charge is 0.417 e. The third kappa shape index (κ3) is 2.47. The quantitative estimate of drug-likeness (QED) is 0.676. The summed E-state index contributed by atoms with van der Waals surface area (Å²) in [7, 11) is 1.18. The van der Waals surface area contributed by atoms with Crippen LogP contribution in [-0.4, -0.2) is 21.8 Å². The molecule has 0 aliphatic heterocycles. The van der Waals surface area contributed by atoms with Crippen LogP contribution in [0.25, 0.3) is 22.4 Å². The van der Waals surface area contributed by atoms with Crippen LogP contribution in [0, 0.1) is 11.6 Å². The first-order valence-corrected chi connectivity index (χ1v) is 6.26. The summed E-state index contributed by atoms with van der Waals surface area (Å²) in [5, 5.41) is 0. The molecule has 2 heterocycles. The lowest BCUT2D eigenvalue weighted by atomic mass is 10.1. The van der Waals surface area contributed by atoms with E-state index in [4.69, 9.17) is 4.84 Å². The molecule has 1 aromatic carbocycles. The van der Waals surface area contributed by atoms with E-state index in [2.05, 4.69) is 9.97 Å². The summed E-state index contributed by atoms with van der Waals surface area (Å²) >= 11 is 0. The molecule has 0 saturated heterocycles. The van der Waals surface area contributed by atoms with Crippen LogP contribution in [0.1, 0.15) is 5.56 Å². The highest BCUT2D eigenvalue weighted by atomic mass is 19.4. The number of imidazole rings is 1. The van der Waals surface area contributed by atoms with Gasteiger partial charge in [0.05, 0.1) is 16.6 Å². The second kappa shape index (κ2) is 5.18. The highest BCUT2D eigenvalue weighted by molar-refractivity contribution is 5.81. The predicted octanol–water partition coefficient (Wildman–Crippen LogP) is 3.45. The normalized spacial score (nSPS) is 11.9. The minimum Gasteiger partial charge on any atom is -0.415 e. The number of fused-ring (bicyclic) bond motifs is 1. The number of aromatic nitrogens is 3. The van der Waals surface area contributed by atoms with Crippen molar-refractivity contribution in [2.24, 2.45) is 0 Å². The van der Waals surface area contributed by atoms with Crippen molar-refractivity contribution in [3.8, 4) is 11.4 Å². The van der Waals surface area contributed by atoms with E-state index in [1.54, 1.807) is 0 Å². The van der Waals surface area contributed by atoms with Crippen LogP contribution in [0.2, 0.25) is 0 Å². The molecule has 2 aromatic heterocycles. The molecule has 0 radical (unpaired) electrons. The van der Waals surface area contributed by atoms with Crippen LogP contribution in [0.15, 0.2) is 30.6 Å². The number of rotatable bonds is 2. The van der Waals surface area contributed by atoms with Gasteiger partial charge in [0.25, 0.3) is 0 Å². The molecule has 0 amide bonds. The van der Waals surface area contributed by atoms with E-state index in [1.807, 2.05) is 0 Å². The maximum absolute atomic E-state index is 13.4. The van der Waals surface area contributed by atoms with Gasteiger partial charge in [-0.3, -0.25) is 4.98 Å². The average Bonchev–Trinajstić information content (AvgIpc) is 2.84. The lowest BCUT2D eigenvalue weighted by molar-refractivity contribution is -0.137. The number of hydrogen-bond donors (Lipinski definition) is 0. The summed E-state index contributed by atoms with van der Waals surface area (Å²) in [5.41, 5.74) is -1.39. The van der Waals surface area contributed by atoms with Gasteiger partial charge in [-0.1, -0.05) is 0 Å². The van der Waals surface area contributed by atoms with E-state index in [-0.39, 0.29) is 22.4 Å².